The molecule has 1 heterocycles. The van der Waals surface area contributed by atoms with Crippen molar-refractivity contribution >= 4 is 10.2 Å². The normalized spacial score (nSPS) is 23.9. The van der Waals surface area contributed by atoms with Crippen LogP contribution in [0.25, 0.3) is 0 Å². The van der Waals surface area contributed by atoms with Crippen LogP contribution in [0.1, 0.15) is 27.2 Å². The Balaban J connectivity index is 2.38. The minimum absolute atomic E-state index is 0.0142. The molecule has 0 aromatic rings. The lowest BCUT2D eigenvalue weighted by atomic mass is 10.0. The summed E-state index contributed by atoms with van der Waals surface area (Å²) in [6.07, 6.45) is 1.04. The quantitative estimate of drug-likeness (QED) is 0.623. The minimum atomic E-state index is -3.34. The van der Waals surface area contributed by atoms with Crippen LogP contribution in [0.3, 0.4) is 0 Å². The van der Waals surface area contributed by atoms with Crippen LogP contribution >= 0.6 is 0 Å². The standard InChI is InChI=1S/C10H23N3O2S/c1-8(2)6-12-16(14,15)13-9(3)10-4-5-11-7-10/h8-13H,4-7H2,1-3H3. The van der Waals surface area contributed by atoms with Gasteiger partial charge in [0.25, 0.3) is 10.2 Å². The first kappa shape index (κ1) is 13.9. The van der Waals surface area contributed by atoms with E-state index in [9.17, 15) is 8.42 Å². The Bertz CT molecular complexity index is 297. The summed E-state index contributed by atoms with van der Waals surface area (Å²) in [6, 6.07) is -0.0142. The average molecular weight is 249 g/mol. The van der Waals surface area contributed by atoms with Gasteiger partial charge >= 0.3 is 0 Å². The third-order valence-corrected chi connectivity index (χ3v) is 4.06. The molecule has 16 heavy (non-hydrogen) atoms. The number of nitrogens with one attached hydrogen (secondary N) is 3. The lowest BCUT2D eigenvalue weighted by Gasteiger charge is -2.20. The average Bonchev–Trinajstić information content (AvgIpc) is 2.67. The van der Waals surface area contributed by atoms with Crippen molar-refractivity contribution in [3.63, 3.8) is 0 Å². The first-order chi connectivity index (χ1) is 7.41. The van der Waals surface area contributed by atoms with E-state index in [1.54, 1.807) is 0 Å². The van der Waals surface area contributed by atoms with Gasteiger partial charge in [0, 0.05) is 12.6 Å². The third kappa shape index (κ3) is 4.78. The fourth-order valence-electron chi connectivity index (χ4n) is 1.76. The Hall–Kier alpha value is -0.170. The van der Waals surface area contributed by atoms with Gasteiger partial charge in [-0.1, -0.05) is 13.8 Å². The predicted octanol–water partition coefficient (Wildman–Crippen LogP) is 0.0644. The maximum absolute atomic E-state index is 11.7. The molecule has 0 radical (unpaired) electrons. The van der Waals surface area contributed by atoms with E-state index in [0.717, 1.165) is 19.5 Å². The molecule has 0 bridgehead atoms. The number of hydrogen-bond donors (Lipinski definition) is 3. The van der Waals surface area contributed by atoms with Crippen LogP contribution < -0.4 is 14.8 Å². The van der Waals surface area contributed by atoms with E-state index in [2.05, 4.69) is 14.8 Å². The Morgan fingerprint density at radius 1 is 1.38 bits per heavy atom. The van der Waals surface area contributed by atoms with Gasteiger partial charge in [-0.25, -0.2) is 4.72 Å². The maximum atomic E-state index is 11.7. The molecule has 96 valence electrons. The first-order valence-corrected chi connectivity index (χ1v) is 7.36. The van der Waals surface area contributed by atoms with E-state index in [0.29, 0.717) is 18.4 Å². The van der Waals surface area contributed by atoms with Crippen LogP contribution in [0.4, 0.5) is 0 Å². The van der Waals surface area contributed by atoms with Crippen molar-refractivity contribution in [2.45, 2.75) is 33.2 Å². The summed E-state index contributed by atoms with van der Waals surface area (Å²) in [5.74, 6) is 0.718. The molecule has 0 spiro atoms. The number of rotatable bonds is 6. The van der Waals surface area contributed by atoms with Crippen LogP contribution in [0.5, 0.6) is 0 Å². The lowest BCUT2D eigenvalue weighted by Crippen LogP contribution is -2.45. The molecule has 1 saturated heterocycles. The lowest BCUT2D eigenvalue weighted by molar-refractivity contribution is 0.439. The maximum Gasteiger partial charge on any atom is 0.277 e. The SMILES string of the molecule is CC(C)CNS(=O)(=O)NC(C)C1CCNC1. The Labute approximate surface area is 98.6 Å². The molecule has 0 saturated carbocycles. The molecular formula is C10H23N3O2S. The zero-order valence-corrected chi connectivity index (χ0v) is 11.1. The van der Waals surface area contributed by atoms with Gasteiger partial charge in [0.2, 0.25) is 0 Å². The Morgan fingerprint density at radius 2 is 2.06 bits per heavy atom. The second-order valence-corrected chi connectivity index (χ2v) is 6.44. The van der Waals surface area contributed by atoms with Gasteiger partial charge in [-0.05, 0) is 38.3 Å². The summed E-state index contributed by atoms with van der Waals surface area (Å²) in [6.45, 7) is 8.24. The predicted molar refractivity (Wildman–Crippen MR) is 65.3 cm³/mol. The fourth-order valence-corrected chi connectivity index (χ4v) is 3.08. The topological polar surface area (TPSA) is 70.2 Å². The highest BCUT2D eigenvalue weighted by atomic mass is 32.2. The molecule has 0 aromatic carbocycles. The van der Waals surface area contributed by atoms with Crippen molar-refractivity contribution in [2.75, 3.05) is 19.6 Å². The Morgan fingerprint density at radius 3 is 2.56 bits per heavy atom. The molecule has 0 amide bonds. The highest BCUT2D eigenvalue weighted by Crippen LogP contribution is 2.12. The zero-order valence-electron chi connectivity index (χ0n) is 10.3. The number of hydrogen-bond acceptors (Lipinski definition) is 3. The van der Waals surface area contributed by atoms with Gasteiger partial charge in [-0.2, -0.15) is 13.1 Å². The van der Waals surface area contributed by atoms with Crippen LogP contribution in [0.2, 0.25) is 0 Å². The van der Waals surface area contributed by atoms with E-state index >= 15 is 0 Å². The molecule has 5 nitrogen and oxygen atoms in total. The third-order valence-electron chi connectivity index (χ3n) is 2.83. The van der Waals surface area contributed by atoms with Crippen molar-refractivity contribution in [1.29, 1.82) is 0 Å². The molecule has 1 rings (SSSR count). The van der Waals surface area contributed by atoms with Gasteiger partial charge in [0.1, 0.15) is 0 Å². The molecule has 0 aromatic heterocycles. The van der Waals surface area contributed by atoms with Gasteiger partial charge in [0.15, 0.2) is 0 Å². The van der Waals surface area contributed by atoms with Crippen molar-refractivity contribution in [3.05, 3.63) is 0 Å². The molecule has 0 aliphatic carbocycles. The van der Waals surface area contributed by atoms with E-state index < -0.39 is 10.2 Å². The van der Waals surface area contributed by atoms with Gasteiger partial charge in [-0.3, -0.25) is 0 Å². The second-order valence-electron chi connectivity index (χ2n) is 4.91. The van der Waals surface area contributed by atoms with Crippen molar-refractivity contribution < 1.29 is 8.42 Å². The van der Waals surface area contributed by atoms with Crippen LogP contribution in [0, 0.1) is 11.8 Å². The highest BCUT2D eigenvalue weighted by Gasteiger charge is 2.24. The summed E-state index contributed by atoms with van der Waals surface area (Å²) in [7, 11) is -3.34. The van der Waals surface area contributed by atoms with Crippen LogP contribution in [-0.4, -0.2) is 34.1 Å². The van der Waals surface area contributed by atoms with Gasteiger partial charge in [0.05, 0.1) is 0 Å². The van der Waals surface area contributed by atoms with Gasteiger partial charge in [-0.15, -0.1) is 0 Å². The van der Waals surface area contributed by atoms with Crippen molar-refractivity contribution in [3.8, 4) is 0 Å². The summed E-state index contributed by atoms with van der Waals surface area (Å²) >= 11 is 0. The van der Waals surface area contributed by atoms with Crippen molar-refractivity contribution in [1.82, 2.24) is 14.8 Å². The van der Waals surface area contributed by atoms with Crippen LogP contribution in [0.15, 0.2) is 0 Å². The summed E-state index contributed by atoms with van der Waals surface area (Å²) < 4.78 is 28.5. The van der Waals surface area contributed by atoms with E-state index in [1.165, 1.54) is 0 Å². The smallest absolute Gasteiger partial charge is 0.277 e. The molecule has 1 fully saturated rings. The Kier molecular flexibility index (Phi) is 5.17. The van der Waals surface area contributed by atoms with E-state index in [4.69, 9.17) is 0 Å². The largest absolute Gasteiger partial charge is 0.316 e. The molecular weight excluding hydrogens is 226 g/mol. The summed E-state index contributed by atoms with van der Waals surface area (Å²) in [5.41, 5.74) is 0. The fraction of sp³-hybridized carbons (Fsp3) is 1.00. The van der Waals surface area contributed by atoms with Crippen molar-refractivity contribution in [2.24, 2.45) is 11.8 Å². The minimum Gasteiger partial charge on any atom is -0.316 e. The molecule has 1 aliphatic heterocycles. The zero-order chi connectivity index (χ0) is 12.2. The molecule has 2 unspecified atom stereocenters. The van der Waals surface area contributed by atoms with Gasteiger partial charge < -0.3 is 5.32 Å². The highest BCUT2D eigenvalue weighted by molar-refractivity contribution is 7.87. The van der Waals surface area contributed by atoms with E-state index in [1.807, 2.05) is 20.8 Å². The summed E-state index contributed by atoms with van der Waals surface area (Å²) in [5, 5.41) is 3.23. The molecule has 2 atom stereocenters. The summed E-state index contributed by atoms with van der Waals surface area (Å²) in [4.78, 5) is 0. The van der Waals surface area contributed by atoms with Crippen LogP contribution in [-0.2, 0) is 10.2 Å². The molecule has 3 N–H and O–H groups in total. The molecule has 6 heteroatoms. The second kappa shape index (κ2) is 5.95. The van der Waals surface area contributed by atoms with E-state index in [-0.39, 0.29) is 6.04 Å². The molecule has 1 aliphatic rings. The first-order valence-electron chi connectivity index (χ1n) is 5.88. The monoisotopic (exact) mass is 249 g/mol.